The molecule has 150 valence electrons. The second-order valence-electron chi connectivity index (χ2n) is 7.40. The van der Waals surface area contributed by atoms with E-state index >= 15 is 0 Å². The molecule has 2 N–H and O–H groups in total. The van der Waals surface area contributed by atoms with Gasteiger partial charge >= 0.3 is 0 Å². The molecule has 0 saturated carbocycles. The van der Waals surface area contributed by atoms with E-state index in [1.54, 1.807) is 24.3 Å². The van der Waals surface area contributed by atoms with Crippen LogP contribution in [0.3, 0.4) is 0 Å². The van der Waals surface area contributed by atoms with Crippen LogP contribution in [0.2, 0.25) is 0 Å². The van der Waals surface area contributed by atoms with Crippen molar-refractivity contribution in [1.82, 2.24) is 4.98 Å². The van der Waals surface area contributed by atoms with Crippen molar-refractivity contribution in [3.63, 3.8) is 0 Å². The number of quaternary nitrogens is 1. The van der Waals surface area contributed by atoms with E-state index in [1.165, 1.54) is 32.7 Å². The molecule has 0 aliphatic carbocycles. The fourth-order valence-electron chi connectivity index (χ4n) is 3.79. The second kappa shape index (κ2) is 7.85. The van der Waals surface area contributed by atoms with Gasteiger partial charge in [0.25, 0.3) is 5.91 Å². The molecule has 1 atom stereocenters. The van der Waals surface area contributed by atoms with Crippen LogP contribution in [-0.4, -0.2) is 17.4 Å². The number of fused-ring (bicyclic) bond motifs is 2. The number of thiazole rings is 1. The van der Waals surface area contributed by atoms with Crippen LogP contribution >= 0.6 is 11.3 Å². The molecule has 2 aromatic carbocycles. The van der Waals surface area contributed by atoms with E-state index in [0.29, 0.717) is 16.1 Å². The number of anilines is 1. The summed E-state index contributed by atoms with van der Waals surface area (Å²) in [5.74, 6) is -0.472. The Morgan fingerprint density at radius 2 is 1.93 bits per heavy atom. The van der Waals surface area contributed by atoms with Crippen molar-refractivity contribution < 1.29 is 14.1 Å². The number of carbonyl (C=O) groups is 1. The molecule has 3 heterocycles. The largest absolute Gasteiger partial charge is 0.451 e. The van der Waals surface area contributed by atoms with Gasteiger partial charge in [-0.1, -0.05) is 53.8 Å². The molecule has 0 bridgehead atoms. The maximum atomic E-state index is 12.6. The summed E-state index contributed by atoms with van der Waals surface area (Å²) in [6.45, 7) is 2.88. The minimum atomic E-state index is -0.461. The topological polar surface area (TPSA) is 76.6 Å². The molecular weight excluding hydrogens is 398 g/mol. The highest BCUT2D eigenvalue weighted by molar-refractivity contribution is 7.15. The molecule has 0 radical (unpaired) electrons. The number of hydrogen-bond donors (Lipinski definition) is 2. The van der Waals surface area contributed by atoms with Crippen molar-refractivity contribution in [2.75, 3.05) is 11.9 Å². The lowest BCUT2D eigenvalue weighted by atomic mass is 10.1. The zero-order valence-electron chi connectivity index (χ0n) is 16.2. The fourth-order valence-corrected chi connectivity index (χ4v) is 4.87. The molecule has 2 aromatic heterocycles. The highest BCUT2D eigenvalue weighted by Gasteiger charge is 2.25. The van der Waals surface area contributed by atoms with E-state index in [9.17, 15) is 9.59 Å². The highest BCUT2D eigenvalue weighted by atomic mass is 32.1. The van der Waals surface area contributed by atoms with Crippen LogP contribution in [-0.2, 0) is 19.5 Å². The van der Waals surface area contributed by atoms with Gasteiger partial charge in [0.15, 0.2) is 16.3 Å². The van der Waals surface area contributed by atoms with Crippen molar-refractivity contribution in [1.29, 1.82) is 0 Å². The molecule has 1 aliphatic heterocycles. The molecule has 1 amide bonds. The number of rotatable bonds is 4. The Kier molecular flexibility index (Phi) is 4.90. The van der Waals surface area contributed by atoms with Crippen LogP contribution in [0, 0.1) is 0 Å². The molecule has 4 aromatic rings. The lowest BCUT2D eigenvalue weighted by Gasteiger charge is -2.22. The summed E-state index contributed by atoms with van der Waals surface area (Å²) in [4.78, 5) is 32.2. The van der Waals surface area contributed by atoms with E-state index in [0.717, 1.165) is 31.7 Å². The van der Waals surface area contributed by atoms with Crippen molar-refractivity contribution in [3.8, 4) is 0 Å². The molecule has 0 fully saturated rings. The Balaban J connectivity index is 1.31. The number of para-hydroxylation sites is 1. The zero-order valence-corrected chi connectivity index (χ0v) is 17.0. The third kappa shape index (κ3) is 3.77. The minimum absolute atomic E-state index is 0.0109. The van der Waals surface area contributed by atoms with Crippen LogP contribution in [0.1, 0.15) is 26.7 Å². The molecule has 5 rings (SSSR count). The highest BCUT2D eigenvalue weighted by Crippen LogP contribution is 2.25. The first-order chi connectivity index (χ1) is 14.7. The Bertz CT molecular complexity index is 1280. The van der Waals surface area contributed by atoms with Crippen molar-refractivity contribution in [3.05, 3.63) is 92.8 Å². The number of aromatic nitrogens is 1. The monoisotopic (exact) mass is 418 g/mol. The lowest BCUT2D eigenvalue weighted by Crippen LogP contribution is -3.10. The summed E-state index contributed by atoms with van der Waals surface area (Å²) in [7, 11) is 0. The van der Waals surface area contributed by atoms with Crippen LogP contribution in [0.4, 0.5) is 5.13 Å². The van der Waals surface area contributed by atoms with Gasteiger partial charge in [0.05, 0.1) is 22.5 Å². The standard InChI is InChI=1S/C23H19N3O3S/c27-18-12-20(29-19-9-5-4-8-16(18)19)22(28)25-23-24-17-10-11-26(14-21(17)30-23)13-15-6-2-1-3-7-15/h1-9,12H,10-11,13-14H2,(H,24,25,28)/p+1. The number of nitrogens with zero attached hydrogens (tertiary/aromatic N) is 1. The van der Waals surface area contributed by atoms with Gasteiger partial charge < -0.3 is 9.32 Å². The molecule has 0 saturated heterocycles. The van der Waals surface area contributed by atoms with Gasteiger partial charge in [-0.25, -0.2) is 4.98 Å². The van der Waals surface area contributed by atoms with Gasteiger partial charge in [-0.15, -0.1) is 0 Å². The van der Waals surface area contributed by atoms with Crippen molar-refractivity contribution in [2.45, 2.75) is 19.5 Å². The second-order valence-corrected chi connectivity index (χ2v) is 8.49. The van der Waals surface area contributed by atoms with Crippen LogP contribution < -0.4 is 15.6 Å². The van der Waals surface area contributed by atoms with Crippen molar-refractivity contribution in [2.24, 2.45) is 0 Å². The predicted molar refractivity (Wildman–Crippen MR) is 116 cm³/mol. The van der Waals surface area contributed by atoms with Gasteiger partial charge in [-0.3, -0.25) is 14.9 Å². The molecule has 1 aliphatic rings. The van der Waals surface area contributed by atoms with Gasteiger partial charge in [0, 0.05) is 18.1 Å². The minimum Gasteiger partial charge on any atom is -0.451 e. The molecular formula is C23H20N3O3S+. The van der Waals surface area contributed by atoms with Gasteiger partial charge in [0.1, 0.15) is 18.7 Å². The molecule has 0 spiro atoms. The molecule has 30 heavy (non-hydrogen) atoms. The molecule has 6 nitrogen and oxygen atoms in total. The number of hydrogen-bond acceptors (Lipinski definition) is 5. The average Bonchev–Trinajstić information content (AvgIpc) is 3.16. The Hall–Kier alpha value is -3.29. The Morgan fingerprint density at radius 3 is 2.80 bits per heavy atom. The fraction of sp³-hybridized carbons (Fsp3) is 0.174. The third-order valence-electron chi connectivity index (χ3n) is 5.28. The third-order valence-corrected chi connectivity index (χ3v) is 6.29. The maximum absolute atomic E-state index is 12.6. The Labute approximate surface area is 176 Å². The summed E-state index contributed by atoms with van der Waals surface area (Å²) in [5, 5.41) is 3.80. The van der Waals surface area contributed by atoms with Gasteiger partial charge in [-0.05, 0) is 12.1 Å². The SMILES string of the molecule is O=C(Nc1nc2c(s1)C[NH+](Cc1ccccc1)CC2)c1cc(=O)c2ccccc2o1. The first kappa shape index (κ1) is 18.7. The van der Waals surface area contributed by atoms with Crippen LogP contribution in [0.5, 0.6) is 0 Å². The number of benzene rings is 2. The number of carbonyl (C=O) groups excluding carboxylic acids is 1. The summed E-state index contributed by atoms with van der Waals surface area (Å²) in [6.07, 6.45) is 0.884. The summed E-state index contributed by atoms with van der Waals surface area (Å²) in [6, 6.07) is 18.6. The summed E-state index contributed by atoms with van der Waals surface area (Å²) < 4.78 is 5.62. The average molecular weight is 418 g/mol. The van der Waals surface area contributed by atoms with Gasteiger partial charge in [0.2, 0.25) is 0 Å². The maximum Gasteiger partial charge on any atom is 0.293 e. The molecule has 7 heteroatoms. The normalized spacial score (nSPS) is 15.7. The lowest BCUT2D eigenvalue weighted by molar-refractivity contribution is -0.929. The first-order valence-corrected chi connectivity index (χ1v) is 10.7. The first-order valence-electron chi connectivity index (χ1n) is 9.86. The van der Waals surface area contributed by atoms with Crippen LogP contribution in [0.15, 0.2) is 69.9 Å². The predicted octanol–water partition coefficient (Wildman–Crippen LogP) is 2.64. The molecule has 1 unspecified atom stereocenters. The van der Waals surface area contributed by atoms with Crippen LogP contribution in [0.25, 0.3) is 11.0 Å². The summed E-state index contributed by atoms with van der Waals surface area (Å²) >= 11 is 1.50. The van der Waals surface area contributed by atoms with Gasteiger partial charge in [-0.2, -0.15) is 0 Å². The summed E-state index contributed by atoms with van der Waals surface area (Å²) in [5.41, 5.74) is 2.53. The quantitative estimate of drug-likeness (QED) is 0.534. The zero-order chi connectivity index (χ0) is 20.5. The van der Waals surface area contributed by atoms with Crippen molar-refractivity contribution >= 4 is 33.3 Å². The van der Waals surface area contributed by atoms with E-state index in [2.05, 4.69) is 34.6 Å². The van der Waals surface area contributed by atoms with E-state index < -0.39 is 5.91 Å². The van der Waals surface area contributed by atoms with E-state index in [4.69, 9.17) is 4.42 Å². The van der Waals surface area contributed by atoms with E-state index in [-0.39, 0.29) is 11.2 Å². The van der Waals surface area contributed by atoms with E-state index in [1.807, 2.05) is 6.07 Å². The smallest absolute Gasteiger partial charge is 0.293 e. The number of nitrogens with one attached hydrogen (secondary N) is 2. The number of amides is 1. The Morgan fingerprint density at radius 1 is 1.13 bits per heavy atom.